The molecule has 0 spiro atoms. The van der Waals surface area contributed by atoms with Crippen LogP contribution in [-0.4, -0.2) is 24.3 Å². The van der Waals surface area contributed by atoms with Crippen LogP contribution in [0, 0.1) is 17.8 Å². The number of fused-ring (bicyclic) bond motifs is 2. The van der Waals surface area contributed by atoms with Crippen molar-refractivity contribution in [1.29, 1.82) is 0 Å². The van der Waals surface area contributed by atoms with Gasteiger partial charge in [-0.15, -0.1) is 0 Å². The summed E-state index contributed by atoms with van der Waals surface area (Å²) in [4.78, 5) is 23.8. The number of hydrogen-bond acceptors (Lipinski definition) is 3. The molecule has 1 aromatic carbocycles. The smallest absolute Gasteiger partial charge is 0.258 e. The molecule has 3 rings (SSSR count). The van der Waals surface area contributed by atoms with Gasteiger partial charge in [-0.05, 0) is 69.1 Å². The Balaban J connectivity index is 1.53. The molecule has 4 unspecified atom stereocenters. The van der Waals surface area contributed by atoms with E-state index in [4.69, 9.17) is 16.3 Å². The molecule has 24 heavy (non-hydrogen) atoms. The number of ether oxygens (including phenoxy) is 1. The van der Waals surface area contributed by atoms with Crippen molar-refractivity contribution < 1.29 is 14.3 Å². The van der Waals surface area contributed by atoms with Gasteiger partial charge >= 0.3 is 0 Å². The van der Waals surface area contributed by atoms with Crippen LogP contribution in [0.5, 0.6) is 5.75 Å². The quantitative estimate of drug-likeness (QED) is 0.793. The van der Waals surface area contributed by atoms with Gasteiger partial charge in [0.05, 0.1) is 5.56 Å². The monoisotopic (exact) mass is 349 g/mol. The van der Waals surface area contributed by atoms with Crippen LogP contribution in [0.25, 0.3) is 0 Å². The lowest BCUT2D eigenvalue weighted by Gasteiger charge is -2.28. The van der Waals surface area contributed by atoms with Crippen LogP contribution < -0.4 is 10.1 Å². The number of carbonyl (C=O) groups is 2. The Morgan fingerprint density at radius 2 is 2.12 bits per heavy atom. The van der Waals surface area contributed by atoms with Gasteiger partial charge in [-0.3, -0.25) is 9.59 Å². The summed E-state index contributed by atoms with van der Waals surface area (Å²) in [5, 5.41) is 3.54. The van der Waals surface area contributed by atoms with Gasteiger partial charge in [-0.25, -0.2) is 0 Å². The number of benzene rings is 1. The molecule has 1 aromatic rings. The third-order valence-electron chi connectivity index (χ3n) is 5.50. The Labute approximate surface area is 147 Å². The highest BCUT2D eigenvalue weighted by Gasteiger charge is 2.42. The molecule has 4 nitrogen and oxygen atoms in total. The van der Waals surface area contributed by atoms with E-state index in [0.29, 0.717) is 22.3 Å². The number of amides is 1. The number of Topliss-reactive ketones (excluding diaryl/α,β-unsaturated/α-hetero) is 1. The SMILES string of the molecule is CC(=O)c1cc(Cl)ccc1OCC(=O)NC(C)C1CC2CCC1C2. The summed E-state index contributed by atoms with van der Waals surface area (Å²) in [6.07, 6.45) is 5.22. The van der Waals surface area contributed by atoms with Gasteiger partial charge < -0.3 is 10.1 Å². The molecule has 0 aromatic heterocycles. The van der Waals surface area contributed by atoms with E-state index in [2.05, 4.69) is 12.2 Å². The molecular weight excluding hydrogens is 326 g/mol. The summed E-state index contributed by atoms with van der Waals surface area (Å²) >= 11 is 5.91. The molecule has 0 heterocycles. The average molecular weight is 350 g/mol. The largest absolute Gasteiger partial charge is 0.483 e. The van der Waals surface area contributed by atoms with Crippen LogP contribution >= 0.6 is 11.6 Å². The lowest BCUT2D eigenvalue weighted by Crippen LogP contribution is -2.42. The average Bonchev–Trinajstić information content (AvgIpc) is 3.16. The summed E-state index contributed by atoms with van der Waals surface area (Å²) in [5.74, 6) is 2.35. The maximum absolute atomic E-state index is 12.2. The van der Waals surface area contributed by atoms with Crippen molar-refractivity contribution in [3.05, 3.63) is 28.8 Å². The molecule has 2 bridgehead atoms. The zero-order valence-corrected chi connectivity index (χ0v) is 14.9. The normalized spacial score (nSPS) is 26.2. The standard InChI is InChI=1S/C19H24ClNO3/c1-11(16-8-13-3-4-14(16)7-13)21-19(23)10-24-18-6-5-15(20)9-17(18)12(2)22/h5-6,9,11,13-14,16H,3-4,7-8,10H2,1-2H3,(H,21,23). The molecule has 1 amide bonds. The molecule has 2 aliphatic rings. The highest BCUT2D eigenvalue weighted by atomic mass is 35.5. The molecular formula is C19H24ClNO3. The van der Waals surface area contributed by atoms with Crippen LogP contribution in [-0.2, 0) is 4.79 Å². The van der Waals surface area contributed by atoms with E-state index in [9.17, 15) is 9.59 Å². The number of carbonyl (C=O) groups excluding carboxylic acids is 2. The lowest BCUT2D eigenvalue weighted by atomic mass is 9.84. The molecule has 1 N–H and O–H groups in total. The van der Waals surface area contributed by atoms with Gasteiger partial charge in [0.2, 0.25) is 0 Å². The van der Waals surface area contributed by atoms with E-state index in [0.717, 1.165) is 11.8 Å². The number of halogens is 1. The minimum absolute atomic E-state index is 0.0902. The van der Waals surface area contributed by atoms with Crippen LogP contribution in [0.2, 0.25) is 5.02 Å². The highest BCUT2D eigenvalue weighted by molar-refractivity contribution is 6.31. The van der Waals surface area contributed by atoms with Gasteiger partial charge in [0, 0.05) is 11.1 Å². The molecule has 2 saturated carbocycles. The summed E-state index contributed by atoms with van der Waals surface area (Å²) < 4.78 is 5.55. The van der Waals surface area contributed by atoms with Crippen LogP contribution in [0.15, 0.2) is 18.2 Å². The fraction of sp³-hybridized carbons (Fsp3) is 0.579. The molecule has 0 radical (unpaired) electrons. The van der Waals surface area contributed by atoms with E-state index < -0.39 is 0 Å². The van der Waals surface area contributed by atoms with Crippen molar-refractivity contribution in [2.75, 3.05) is 6.61 Å². The van der Waals surface area contributed by atoms with Gasteiger partial charge in [0.1, 0.15) is 5.75 Å². The number of hydrogen-bond donors (Lipinski definition) is 1. The summed E-state index contributed by atoms with van der Waals surface area (Å²) in [7, 11) is 0. The Morgan fingerprint density at radius 1 is 1.33 bits per heavy atom. The predicted octanol–water partition coefficient (Wildman–Crippen LogP) is 3.86. The van der Waals surface area contributed by atoms with Gasteiger partial charge in [0.15, 0.2) is 12.4 Å². The zero-order chi connectivity index (χ0) is 17.3. The molecule has 2 fully saturated rings. The summed E-state index contributed by atoms with van der Waals surface area (Å²) in [6.45, 7) is 3.45. The van der Waals surface area contributed by atoms with Crippen LogP contribution in [0.3, 0.4) is 0 Å². The van der Waals surface area contributed by atoms with Crippen LogP contribution in [0.4, 0.5) is 0 Å². The van der Waals surface area contributed by atoms with Gasteiger partial charge in [0.25, 0.3) is 5.91 Å². The van der Waals surface area contributed by atoms with Gasteiger partial charge in [-0.2, -0.15) is 0 Å². The van der Waals surface area contributed by atoms with E-state index in [1.54, 1.807) is 18.2 Å². The Kier molecular flexibility index (Phi) is 5.14. The zero-order valence-electron chi connectivity index (χ0n) is 14.2. The maximum atomic E-state index is 12.2. The fourth-order valence-electron chi connectivity index (χ4n) is 4.36. The topological polar surface area (TPSA) is 55.4 Å². The van der Waals surface area contributed by atoms with Crippen LogP contribution in [0.1, 0.15) is 49.9 Å². The van der Waals surface area contributed by atoms with E-state index in [-0.39, 0.29) is 24.3 Å². The maximum Gasteiger partial charge on any atom is 0.258 e. The summed E-state index contributed by atoms with van der Waals surface area (Å²) in [5.41, 5.74) is 0.399. The van der Waals surface area contributed by atoms with Crippen molar-refractivity contribution in [2.24, 2.45) is 17.8 Å². The first-order valence-electron chi connectivity index (χ1n) is 8.66. The third kappa shape index (κ3) is 3.75. The van der Waals surface area contributed by atoms with Gasteiger partial charge in [-0.1, -0.05) is 18.0 Å². The highest BCUT2D eigenvalue weighted by Crippen LogP contribution is 2.49. The van der Waals surface area contributed by atoms with Crippen molar-refractivity contribution in [3.8, 4) is 5.75 Å². The second-order valence-corrected chi connectivity index (χ2v) is 7.62. The molecule has 0 saturated heterocycles. The van der Waals surface area contributed by atoms with E-state index in [1.807, 2.05) is 0 Å². The van der Waals surface area contributed by atoms with E-state index in [1.165, 1.54) is 32.6 Å². The third-order valence-corrected chi connectivity index (χ3v) is 5.74. The molecule has 2 aliphatic carbocycles. The Morgan fingerprint density at radius 3 is 2.75 bits per heavy atom. The number of rotatable bonds is 6. The Bertz CT molecular complexity index is 645. The molecule has 4 atom stereocenters. The van der Waals surface area contributed by atoms with Crippen molar-refractivity contribution in [2.45, 2.75) is 45.6 Å². The lowest BCUT2D eigenvalue weighted by molar-refractivity contribution is -0.124. The van der Waals surface area contributed by atoms with E-state index >= 15 is 0 Å². The second kappa shape index (κ2) is 7.14. The number of nitrogens with one attached hydrogen (secondary N) is 1. The first kappa shape index (κ1) is 17.3. The molecule has 130 valence electrons. The summed E-state index contributed by atoms with van der Waals surface area (Å²) in [6, 6.07) is 5.02. The first-order valence-corrected chi connectivity index (χ1v) is 9.04. The first-order chi connectivity index (χ1) is 11.4. The molecule has 5 heteroatoms. The Hall–Kier alpha value is -1.55. The predicted molar refractivity (Wildman–Crippen MR) is 93.5 cm³/mol. The van der Waals surface area contributed by atoms with Crippen molar-refractivity contribution in [3.63, 3.8) is 0 Å². The molecule has 0 aliphatic heterocycles. The fourth-order valence-corrected chi connectivity index (χ4v) is 4.53. The van der Waals surface area contributed by atoms with Crippen molar-refractivity contribution in [1.82, 2.24) is 5.32 Å². The minimum Gasteiger partial charge on any atom is -0.483 e. The van der Waals surface area contributed by atoms with Crippen molar-refractivity contribution >= 4 is 23.3 Å². The second-order valence-electron chi connectivity index (χ2n) is 7.18. The minimum atomic E-state index is -0.144. The number of ketones is 1.